The van der Waals surface area contributed by atoms with E-state index in [0.29, 0.717) is 18.8 Å². The van der Waals surface area contributed by atoms with Crippen LogP contribution in [0.5, 0.6) is 0 Å². The van der Waals surface area contributed by atoms with Gasteiger partial charge in [-0.05, 0) is 13.3 Å². The van der Waals surface area contributed by atoms with Crippen LogP contribution in [0.3, 0.4) is 0 Å². The van der Waals surface area contributed by atoms with Gasteiger partial charge in [0.25, 0.3) is 0 Å². The van der Waals surface area contributed by atoms with Crippen LogP contribution in [0.1, 0.15) is 33.1 Å². The SMILES string of the molecule is C=C(COCC#CCCCC)C(=O)OCC. The molecule has 16 heavy (non-hydrogen) atoms. The van der Waals surface area contributed by atoms with E-state index in [9.17, 15) is 4.79 Å². The Morgan fingerprint density at radius 1 is 1.31 bits per heavy atom. The summed E-state index contributed by atoms with van der Waals surface area (Å²) in [5, 5.41) is 0. The van der Waals surface area contributed by atoms with Gasteiger partial charge >= 0.3 is 5.97 Å². The molecule has 0 unspecified atom stereocenters. The molecule has 3 nitrogen and oxygen atoms in total. The monoisotopic (exact) mass is 224 g/mol. The smallest absolute Gasteiger partial charge is 0.335 e. The van der Waals surface area contributed by atoms with Gasteiger partial charge in [-0.1, -0.05) is 25.8 Å². The molecule has 0 N–H and O–H groups in total. The van der Waals surface area contributed by atoms with E-state index in [1.807, 2.05) is 0 Å². The molecule has 3 heteroatoms. The van der Waals surface area contributed by atoms with Gasteiger partial charge in [-0.2, -0.15) is 0 Å². The van der Waals surface area contributed by atoms with E-state index in [1.54, 1.807) is 6.92 Å². The quantitative estimate of drug-likeness (QED) is 0.288. The second kappa shape index (κ2) is 10.3. The summed E-state index contributed by atoms with van der Waals surface area (Å²) in [5.74, 6) is 5.47. The highest BCUT2D eigenvalue weighted by molar-refractivity contribution is 5.87. The van der Waals surface area contributed by atoms with Crippen molar-refractivity contribution in [3.05, 3.63) is 12.2 Å². The maximum absolute atomic E-state index is 11.1. The van der Waals surface area contributed by atoms with Gasteiger partial charge in [-0.25, -0.2) is 4.79 Å². The molecule has 0 heterocycles. The molecule has 0 amide bonds. The molecule has 0 aromatic rings. The molecule has 0 saturated heterocycles. The predicted molar refractivity (Wildman–Crippen MR) is 63.9 cm³/mol. The van der Waals surface area contributed by atoms with Crippen molar-refractivity contribution in [2.75, 3.05) is 19.8 Å². The van der Waals surface area contributed by atoms with Crippen molar-refractivity contribution >= 4 is 5.97 Å². The highest BCUT2D eigenvalue weighted by atomic mass is 16.5. The number of unbranched alkanes of at least 4 members (excludes halogenated alkanes) is 2. The molecule has 0 aliphatic rings. The first kappa shape index (κ1) is 14.7. The van der Waals surface area contributed by atoms with Crippen LogP contribution in [-0.2, 0) is 14.3 Å². The Balaban J connectivity index is 3.53. The Kier molecular flexibility index (Phi) is 9.44. The topological polar surface area (TPSA) is 35.5 Å². The lowest BCUT2D eigenvalue weighted by atomic mass is 10.2. The molecular formula is C13H20O3. The summed E-state index contributed by atoms with van der Waals surface area (Å²) in [4.78, 5) is 11.1. The average Bonchev–Trinajstić information content (AvgIpc) is 2.28. The zero-order chi connectivity index (χ0) is 12.2. The second-order valence-electron chi connectivity index (χ2n) is 3.27. The van der Waals surface area contributed by atoms with Gasteiger partial charge in [-0.3, -0.25) is 0 Å². The van der Waals surface area contributed by atoms with Crippen LogP contribution >= 0.6 is 0 Å². The molecule has 0 bridgehead atoms. The van der Waals surface area contributed by atoms with E-state index in [0.717, 1.165) is 19.3 Å². The van der Waals surface area contributed by atoms with Crippen LogP contribution in [0, 0.1) is 11.8 Å². The third kappa shape index (κ3) is 8.07. The molecule has 90 valence electrons. The maximum Gasteiger partial charge on any atom is 0.335 e. The summed E-state index contributed by atoms with van der Waals surface area (Å²) < 4.78 is 9.93. The average molecular weight is 224 g/mol. The van der Waals surface area contributed by atoms with Crippen molar-refractivity contribution in [3.8, 4) is 11.8 Å². The first-order valence-electron chi connectivity index (χ1n) is 5.60. The van der Waals surface area contributed by atoms with E-state index in [-0.39, 0.29) is 6.61 Å². The number of carbonyl (C=O) groups is 1. The van der Waals surface area contributed by atoms with Crippen molar-refractivity contribution in [2.45, 2.75) is 33.1 Å². The number of ether oxygens (including phenoxy) is 2. The van der Waals surface area contributed by atoms with Gasteiger partial charge in [0, 0.05) is 6.42 Å². The Morgan fingerprint density at radius 2 is 2.06 bits per heavy atom. The third-order valence-electron chi connectivity index (χ3n) is 1.79. The van der Waals surface area contributed by atoms with Crippen LogP contribution in [0.4, 0.5) is 0 Å². The zero-order valence-electron chi connectivity index (χ0n) is 10.2. The van der Waals surface area contributed by atoms with Crippen molar-refractivity contribution in [3.63, 3.8) is 0 Å². The van der Waals surface area contributed by atoms with Crippen molar-refractivity contribution in [1.29, 1.82) is 0 Å². The molecular weight excluding hydrogens is 204 g/mol. The van der Waals surface area contributed by atoms with Crippen molar-refractivity contribution < 1.29 is 14.3 Å². The van der Waals surface area contributed by atoms with Gasteiger partial charge < -0.3 is 9.47 Å². The van der Waals surface area contributed by atoms with E-state index in [1.165, 1.54) is 0 Å². The number of carbonyl (C=O) groups excluding carboxylic acids is 1. The molecule has 0 aliphatic carbocycles. The van der Waals surface area contributed by atoms with Crippen LogP contribution in [-0.4, -0.2) is 25.8 Å². The van der Waals surface area contributed by atoms with E-state index < -0.39 is 5.97 Å². The summed E-state index contributed by atoms with van der Waals surface area (Å²) in [5.41, 5.74) is 0.331. The van der Waals surface area contributed by atoms with Gasteiger partial charge in [-0.15, -0.1) is 5.92 Å². The predicted octanol–water partition coefficient (Wildman–Crippen LogP) is 2.32. The number of hydrogen-bond acceptors (Lipinski definition) is 3. The number of hydrogen-bond donors (Lipinski definition) is 0. The Bertz CT molecular complexity index is 271. The van der Waals surface area contributed by atoms with E-state index in [2.05, 4.69) is 25.3 Å². The minimum atomic E-state index is -0.401. The van der Waals surface area contributed by atoms with Gasteiger partial charge in [0.15, 0.2) is 0 Å². The summed E-state index contributed by atoms with van der Waals surface area (Å²) in [7, 11) is 0. The number of rotatable bonds is 7. The zero-order valence-corrected chi connectivity index (χ0v) is 10.2. The number of esters is 1. The van der Waals surface area contributed by atoms with Gasteiger partial charge in [0.1, 0.15) is 6.61 Å². The van der Waals surface area contributed by atoms with Crippen molar-refractivity contribution in [1.82, 2.24) is 0 Å². The minimum Gasteiger partial charge on any atom is -0.463 e. The summed E-state index contributed by atoms with van der Waals surface area (Å²) >= 11 is 0. The Hall–Kier alpha value is -1.27. The lowest BCUT2D eigenvalue weighted by Crippen LogP contribution is -2.11. The highest BCUT2D eigenvalue weighted by Gasteiger charge is 2.06. The Labute approximate surface area is 97.8 Å². The standard InChI is InChI=1S/C13H20O3/c1-4-6-7-8-9-10-15-11-12(3)13(14)16-5-2/h3-7,10-11H2,1-2H3. The largest absolute Gasteiger partial charge is 0.463 e. The van der Waals surface area contributed by atoms with Crippen LogP contribution in [0.25, 0.3) is 0 Å². The lowest BCUT2D eigenvalue weighted by Gasteiger charge is -2.03. The molecule has 0 aromatic carbocycles. The molecule has 0 saturated carbocycles. The van der Waals surface area contributed by atoms with E-state index >= 15 is 0 Å². The van der Waals surface area contributed by atoms with E-state index in [4.69, 9.17) is 9.47 Å². The third-order valence-corrected chi connectivity index (χ3v) is 1.79. The molecule has 0 rings (SSSR count). The summed E-state index contributed by atoms with van der Waals surface area (Å²) in [6.07, 6.45) is 3.16. The van der Waals surface area contributed by atoms with Gasteiger partial charge in [0.2, 0.25) is 0 Å². The molecule has 0 aliphatic heterocycles. The van der Waals surface area contributed by atoms with Crippen LogP contribution in [0.2, 0.25) is 0 Å². The van der Waals surface area contributed by atoms with Crippen molar-refractivity contribution in [2.24, 2.45) is 0 Å². The lowest BCUT2D eigenvalue weighted by molar-refractivity contribution is -0.139. The fraction of sp³-hybridized carbons (Fsp3) is 0.615. The first-order valence-corrected chi connectivity index (χ1v) is 5.60. The molecule has 0 spiro atoms. The minimum absolute atomic E-state index is 0.182. The highest BCUT2D eigenvalue weighted by Crippen LogP contribution is 1.95. The summed E-state index contributed by atoms with van der Waals surface area (Å²) in [6, 6.07) is 0. The van der Waals surface area contributed by atoms with Gasteiger partial charge in [0.05, 0.1) is 18.8 Å². The summed E-state index contributed by atoms with van der Waals surface area (Å²) in [6.45, 7) is 8.33. The second-order valence-corrected chi connectivity index (χ2v) is 3.27. The maximum atomic E-state index is 11.1. The normalized spacial score (nSPS) is 9.12. The fourth-order valence-corrected chi connectivity index (χ4v) is 0.922. The van der Waals surface area contributed by atoms with Crippen LogP contribution < -0.4 is 0 Å². The molecule has 0 atom stereocenters. The first-order chi connectivity index (χ1) is 7.72. The van der Waals surface area contributed by atoms with Crippen LogP contribution in [0.15, 0.2) is 12.2 Å². The molecule has 0 aromatic heterocycles. The molecule has 0 fully saturated rings. The Morgan fingerprint density at radius 3 is 2.69 bits per heavy atom. The fourth-order valence-electron chi connectivity index (χ4n) is 0.922. The molecule has 0 radical (unpaired) electrons.